The number of fused-ring (bicyclic) bond motifs is 1. The molecule has 1 N–H and O–H groups in total. The Balaban J connectivity index is 1.64. The summed E-state index contributed by atoms with van der Waals surface area (Å²) in [5, 5.41) is 3.84. The van der Waals surface area contributed by atoms with Gasteiger partial charge < -0.3 is 4.74 Å². The first kappa shape index (κ1) is 23.3. The van der Waals surface area contributed by atoms with Gasteiger partial charge in [-0.1, -0.05) is 90.5 Å². The molecule has 7 heteroatoms. The van der Waals surface area contributed by atoms with Crippen molar-refractivity contribution in [1.29, 1.82) is 0 Å². The Morgan fingerprint density at radius 3 is 2.14 bits per heavy atom. The van der Waals surface area contributed by atoms with Crippen LogP contribution >= 0.6 is 11.6 Å². The number of carbonyl (C=O) groups excluding carboxylic acids is 3. The number of nitrogens with zero attached hydrogens (tertiary/aromatic N) is 1. The van der Waals surface area contributed by atoms with Crippen LogP contribution in [0, 0.1) is 11.8 Å². The van der Waals surface area contributed by atoms with Gasteiger partial charge in [-0.2, -0.15) is 0 Å². The van der Waals surface area contributed by atoms with Crippen molar-refractivity contribution in [1.82, 2.24) is 10.2 Å². The number of nitrogens with one attached hydrogen (secondary N) is 1. The second kappa shape index (κ2) is 9.29. The molecule has 2 aliphatic rings. The molecule has 0 aromatic heterocycles. The lowest BCUT2D eigenvalue weighted by molar-refractivity contribution is -0.154. The van der Waals surface area contributed by atoms with Gasteiger partial charge in [0.1, 0.15) is 5.54 Å². The Kier molecular flexibility index (Phi) is 6.17. The van der Waals surface area contributed by atoms with Crippen LogP contribution in [0.5, 0.6) is 0 Å². The van der Waals surface area contributed by atoms with Gasteiger partial charge in [0.05, 0.1) is 25.5 Å². The fraction of sp³-hybridized carbons (Fsp3) is 0.250. The molecule has 2 saturated heterocycles. The van der Waals surface area contributed by atoms with Crippen molar-refractivity contribution in [3.05, 3.63) is 107 Å². The molecule has 0 spiro atoms. The summed E-state index contributed by atoms with van der Waals surface area (Å²) in [5.74, 6) is -3.01. The maximum absolute atomic E-state index is 13.9. The van der Waals surface area contributed by atoms with Crippen LogP contribution in [0.2, 0.25) is 5.02 Å². The Morgan fingerprint density at radius 2 is 1.51 bits per heavy atom. The first-order valence-corrected chi connectivity index (χ1v) is 11.9. The van der Waals surface area contributed by atoms with Gasteiger partial charge in [0.25, 0.3) is 0 Å². The van der Waals surface area contributed by atoms with Gasteiger partial charge in [-0.3, -0.25) is 24.6 Å². The number of carbonyl (C=O) groups is 3. The van der Waals surface area contributed by atoms with E-state index in [0.29, 0.717) is 10.6 Å². The number of benzene rings is 3. The number of ether oxygens (including phenoxy) is 1. The molecule has 2 fully saturated rings. The molecule has 178 valence electrons. The van der Waals surface area contributed by atoms with Crippen molar-refractivity contribution < 1.29 is 19.1 Å². The molecule has 35 heavy (non-hydrogen) atoms. The molecule has 0 saturated carbocycles. The fourth-order valence-electron chi connectivity index (χ4n) is 5.50. The lowest BCUT2D eigenvalue weighted by Gasteiger charge is -2.32. The highest BCUT2D eigenvalue weighted by atomic mass is 35.5. The maximum Gasteiger partial charge on any atom is 0.327 e. The quantitative estimate of drug-likeness (QED) is 0.420. The maximum atomic E-state index is 13.9. The number of likely N-dealkylation sites (tertiary alicyclic amines) is 1. The summed E-state index contributed by atoms with van der Waals surface area (Å²) in [4.78, 5) is 42.5. The third-order valence-corrected chi connectivity index (χ3v) is 7.39. The summed E-state index contributed by atoms with van der Waals surface area (Å²) < 4.78 is 5.25. The summed E-state index contributed by atoms with van der Waals surface area (Å²) in [6.45, 7) is 0.142. The molecule has 2 heterocycles. The second-order valence-electron chi connectivity index (χ2n) is 9.02. The summed E-state index contributed by atoms with van der Waals surface area (Å²) >= 11 is 6.55. The third-order valence-electron chi connectivity index (χ3n) is 7.04. The highest BCUT2D eigenvalue weighted by Crippen LogP contribution is 2.51. The second-order valence-corrected chi connectivity index (χ2v) is 9.43. The molecule has 5 rings (SSSR count). The minimum absolute atomic E-state index is 0.142. The number of hydrogen-bond donors (Lipinski definition) is 1. The number of esters is 1. The largest absolute Gasteiger partial charge is 0.468 e. The minimum Gasteiger partial charge on any atom is -0.468 e. The monoisotopic (exact) mass is 488 g/mol. The van der Waals surface area contributed by atoms with Gasteiger partial charge in [-0.15, -0.1) is 0 Å². The first-order chi connectivity index (χ1) is 17.0. The molecule has 0 radical (unpaired) electrons. The molecule has 0 aliphatic carbocycles. The highest BCUT2D eigenvalue weighted by Gasteiger charge is 2.68. The number of imide groups is 1. The molecule has 2 amide bonds. The summed E-state index contributed by atoms with van der Waals surface area (Å²) in [6.07, 6.45) is 0.195. The third kappa shape index (κ3) is 3.93. The van der Waals surface area contributed by atoms with E-state index in [1.54, 1.807) is 12.1 Å². The number of amides is 2. The predicted molar refractivity (Wildman–Crippen MR) is 131 cm³/mol. The van der Waals surface area contributed by atoms with Crippen LogP contribution < -0.4 is 5.32 Å². The van der Waals surface area contributed by atoms with Crippen molar-refractivity contribution in [2.75, 3.05) is 7.11 Å². The van der Waals surface area contributed by atoms with Gasteiger partial charge in [-0.05, 0) is 22.8 Å². The Morgan fingerprint density at radius 1 is 0.914 bits per heavy atom. The van der Waals surface area contributed by atoms with E-state index in [2.05, 4.69) is 5.32 Å². The van der Waals surface area contributed by atoms with Gasteiger partial charge in [-0.25, -0.2) is 0 Å². The van der Waals surface area contributed by atoms with E-state index < -0.39 is 29.4 Å². The number of halogens is 1. The van der Waals surface area contributed by atoms with E-state index in [9.17, 15) is 14.4 Å². The van der Waals surface area contributed by atoms with Crippen LogP contribution in [0.4, 0.5) is 0 Å². The lowest BCUT2D eigenvalue weighted by atomic mass is 9.76. The molecule has 4 unspecified atom stereocenters. The van der Waals surface area contributed by atoms with Crippen molar-refractivity contribution in [2.45, 2.75) is 24.5 Å². The zero-order chi connectivity index (χ0) is 24.6. The fourth-order valence-corrected chi connectivity index (χ4v) is 5.75. The Bertz CT molecular complexity index is 1270. The van der Waals surface area contributed by atoms with Gasteiger partial charge in [0, 0.05) is 17.5 Å². The number of rotatable bonds is 6. The van der Waals surface area contributed by atoms with Crippen LogP contribution in [0.1, 0.15) is 22.7 Å². The standard InChI is InChI=1S/C28H25ClN2O4/c1-35-27(34)28(16-18-10-4-2-5-11-18)23-22(24(30-28)20-14-8-9-15-21(20)29)25(32)31(26(23)33)17-19-12-6-3-7-13-19/h2-15,22-24,30H,16-17H2,1H3. The van der Waals surface area contributed by atoms with Crippen molar-refractivity contribution in [3.8, 4) is 0 Å². The van der Waals surface area contributed by atoms with Gasteiger partial charge in [0.2, 0.25) is 11.8 Å². The Labute approximate surface area is 208 Å². The zero-order valence-electron chi connectivity index (χ0n) is 19.2. The summed E-state index contributed by atoms with van der Waals surface area (Å²) in [7, 11) is 1.30. The number of methoxy groups -OCH3 is 1. The van der Waals surface area contributed by atoms with E-state index in [4.69, 9.17) is 16.3 Å². The molecule has 2 aliphatic heterocycles. The minimum atomic E-state index is -1.43. The Hall–Kier alpha value is -3.48. The van der Waals surface area contributed by atoms with Crippen molar-refractivity contribution >= 4 is 29.4 Å². The average molecular weight is 489 g/mol. The van der Waals surface area contributed by atoms with Crippen LogP contribution in [0.15, 0.2) is 84.9 Å². The van der Waals surface area contributed by atoms with E-state index in [-0.39, 0.29) is 24.8 Å². The molecule has 0 bridgehead atoms. The van der Waals surface area contributed by atoms with E-state index in [0.717, 1.165) is 11.1 Å². The normalized spacial score (nSPS) is 25.5. The van der Waals surface area contributed by atoms with Crippen molar-refractivity contribution in [3.63, 3.8) is 0 Å². The van der Waals surface area contributed by atoms with Crippen LogP contribution in [-0.4, -0.2) is 35.3 Å². The molecule has 6 nitrogen and oxygen atoms in total. The van der Waals surface area contributed by atoms with Crippen LogP contribution in [0.3, 0.4) is 0 Å². The smallest absolute Gasteiger partial charge is 0.327 e. The van der Waals surface area contributed by atoms with Crippen LogP contribution in [-0.2, 0) is 32.1 Å². The molecule has 3 aromatic carbocycles. The lowest BCUT2D eigenvalue weighted by Crippen LogP contribution is -2.57. The zero-order valence-corrected chi connectivity index (χ0v) is 19.9. The highest BCUT2D eigenvalue weighted by molar-refractivity contribution is 6.31. The predicted octanol–water partition coefficient (Wildman–Crippen LogP) is 3.94. The van der Waals surface area contributed by atoms with Gasteiger partial charge in [0.15, 0.2) is 0 Å². The number of hydrogen-bond acceptors (Lipinski definition) is 5. The average Bonchev–Trinajstić information content (AvgIpc) is 3.34. The van der Waals surface area contributed by atoms with E-state index in [1.165, 1.54) is 12.0 Å². The SMILES string of the molecule is COC(=O)C1(Cc2ccccc2)NC(c2ccccc2Cl)C2C(=O)N(Cc3ccccc3)C(=O)C21. The molecule has 3 aromatic rings. The van der Waals surface area contributed by atoms with Gasteiger partial charge >= 0.3 is 5.97 Å². The van der Waals surface area contributed by atoms with Crippen LogP contribution in [0.25, 0.3) is 0 Å². The van der Waals surface area contributed by atoms with E-state index >= 15 is 0 Å². The summed E-state index contributed by atoms with van der Waals surface area (Å²) in [6, 6.07) is 25.4. The molecular formula is C28H25ClN2O4. The summed E-state index contributed by atoms with van der Waals surface area (Å²) in [5.41, 5.74) is 0.933. The molecule has 4 atom stereocenters. The topological polar surface area (TPSA) is 75.7 Å². The van der Waals surface area contributed by atoms with E-state index in [1.807, 2.05) is 72.8 Å². The van der Waals surface area contributed by atoms with Crippen molar-refractivity contribution in [2.24, 2.45) is 11.8 Å². The first-order valence-electron chi connectivity index (χ1n) is 11.5. The molecular weight excluding hydrogens is 464 g/mol.